The number of H-pyrrole nitrogens is 1. The van der Waals surface area contributed by atoms with Crippen molar-refractivity contribution < 1.29 is 4.79 Å². The van der Waals surface area contributed by atoms with E-state index in [0.29, 0.717) is 21.9 Å². The summed E-state index contributed by atoms with van der Waals surface area (Å²) in [6, 6.07) is 6.49. The van der Waals surface area contributed by atoms with Crippen LogP contribution in [0.3, 0.4) is 0 Å². The lowest BCUT2D eigenvalue weighted by atomic mass is 9.89. The predicted molar refractivity (Wildman–Crippen MR) is 135 cm³/mol. The van der Waals surface area contributed by atoms with Crippen LogP contribution in [-0.2, 0) is 17.6 Å². The first-order chi connectivity index (χ1) is 17.0. The van der Waals surface area contributed by atoms with Crippen LogP contribution in [-0.4, -0.2) is 31.2 Å². The van der Waals surface area contributed by atoms with Crippen LogP contribution in [0.25, 0.3) is 11.0 Å². The molecule has 0 aliphatic heterocycles. The molecule has 2 fully saturated rings. The zero-order chi connectivity index (χ0) is 24.1. The second kappa shape index (κ2) is 8.93. The highest BCUT2D eigenvalue weighted by Gasteiger charge is 2.32. The first kappa shape index (κ1) is 22.5. The number of rotatable bonds is 7. The van der Waals surface area contributed by atoms with Gasteiger partial charge in [-0.05, 0) is 75.0 Å². The third-order valence-corrected chi connectivity index (χ3v) is 8.19. The number of fused-ring (bicyclic) bond motifs is 2. The lowest BCUT2D eigenvalue weighted by Crippen LogP contribution is -2.31. The number of nitrogens with zero attached hydrogens (tertiary/aromatic N) is 3. The maximum Gasteiger partial charge on any atom is 0.330 e. The Morgan fingerprint density at radius 3 is 2.66 bits per heavy atom. The lowest BCUT2D eigenvalue weighted by Gasteiger charge is -2.20. The molecule has 1 atom stereocenters. The summed E-state index contributed by atoms with van der Waals surface area (Å²) in [6.45, 7) is 2.00. The van der Waals surface area contributed by atoms with E-state index in [0.717, 1.165) is 44.1 Å². The standard InChI is InChI=1S/C26H29N5O3S/c1-14(17-9-6-15-4-2-3-5-18(15)12-17)27-20(32)13-35-25-21-23(28-22(29-25)16-7-8-16)31(19-10-11-19)26(34)30-24(21)33/h6,9,12,14,16,19H,2-5,7-8,10-11,13H2,1H3,(H,27,32)(H,30,33,34). The van der Waals surface area contributed by atoms with Crippen molar-refractivity contribution in [3.63, 3.8) is 0 Å². The van der Waals surface area contributed by atoms with Crippen LogP contribution in [0.5, 0.6) is 0 Å². The van der Waals surface area contributed by atoms with Gasteiger partial charge < -0.3 is 5.32 Å². The smallest absolute Gasteiger partial charge is 0.330 e. The number of amides is 1. The number of carbonyl (C=O) groups excluding carboxylic acids is 1. The molecule has 3 aliphatic rings. The normalized spacial score (nSPS) is 18.3. The fourth-order valence-electron chi connectivity index (χ4n) is 4.96. The predicted octanol–water partition coefficient (Wildman–Crippen LogP) is 3.54. The Balaban J connectivity index is 1.23. The van der Waals surface area contributed by atoms with Crippen molar-refractivity contribution in [3.8, 4) is 0 Å². The van der Waals surface area contributed by atoms with Gasteiger partial charge in [0, 0.05) is 12.0 Å². The Labute approximate surface area is 207 Å². The molecule has 2 saturated carbocycles. The molecule has 0 spiro atoms. The van der Waals surface area contributed by atoms with Gasteiger partial charge in [-0.3, -0.25) is 19.1 Å². The van der Waals surface area contributed by atoms with Crippen molar-refractivity contribution in [3.05, 3.63) is 61.6 Å². The van der Waals surface area contributed by atoms with Crippen molar-refractivity contribution >= 4 is 28.7 Å². The summed E-state index contributed by atoms with van der Waals surface area (Å²) in [4.78, 5) is 49.9. The summed E-state index contributed by atoms with van der Waals surface area (Å²) in [6.07, 6.45) is 8.51. The van der Waals surface area contributed by atoms with Gasteiger partial charge in [-0.25, -0.2) is 14.8 Å². The molecule has 0 bridgehead atoms. The summed E-state index contributed by atoms with van der Waals surface area (Å²) in [5, 5.41) is 3.87. The van der Waals surface area contributed by atoms with Gasteiger partial charge in [0.1, 0.15) is 16.2 Å². The number of nitrogens with one attached hydrogen (secondary N) is 2. The number of aromatic amines is 1. The molecule has 9 heteroatoms. The van der Waals surface area contributed by atoms with Crippen LogP contribution in [0.1, 0.15) is 86.0 Å². The molecule has 8 nitrogen and oxygen atoms in total. The third kappa shape index (κ3) is 4.53. The topological polar surface area (TPSA) is 110 Å². The molecule has 0 saturated heterocycles. The number of benzene rings is 1. The maximum absolute atomic E-state index is 12.9. The molecule has 1 amide bonds. The summed E-state index contributed by atoms with van der Waals surface area (Å²) in [5.41, 5.74) is 3.42. The van der Waals surface area contributed by atoms with E-state index in [1.54, 1.807) is 4.57 Å². The second-order valence-corrected chi connectivity index (χ2v) is 11.0. The fraction of sp³-hybridized carbons (Fsp3) is 0.500. The Morgan fingerprint density at radius 2 is 1.91 bits per heavy atom. The van der Waals surface area contributed by atoms with E-state index in [-0.39, 0.29) is 29.7 Å². The van der Waals surface area contributed by atoms with Crippen LogP contribution < -0.4 is 16.6 Å². The molecule has 2 aromatic heterocycles. The molecule has 2 N–H and O–H groups in total. The number of aryl methyl sites for hydroxylation is 2. The molecule has 1 unspecified atom stereocenters. The Bertz CT molecular complexity index is 1440. The first-order valence-electron chi connectivity index (χ1n) is 12.6. The average Bonchev–Trinajstić information content (AvgIpc) is 3.75. The van der Waals surface area contributed by atoms with E-state index < -0.39 is 11.2 Å². The van der Waals surface area contributed by atoms with E-state index in [1.807, 2.05) is 6.92 Å². The maximum atomic E-state index is 12.9. The van der Waals surface area contributed by atoms with E-state index in [2.05, 4.69) is 38.5 Å². The van der Waals surface area contributed by atoms with Gasteiger partial charge in [0.25, 0.3) is 5.56 Å². The van der Waals surface area contributed by atoms with E-state index >= 15 is 0 Å². The lowest BCUT2D eigenvalue weighted by molar-refractivity contribution is -0.119. The summed E-state index contributed by atoms with van der Waals surface area (Å²) < 4.78 is 1.60. The molecule has 182 valence electrons. The molecule has 3 aliphatic carbocycles. The molecular formula is C26H29N5O3S. The van der Waals surface area contributed by atoms with E-state index in [4.69, 9.17) is 0 Å². The number of hydrogen-bond acceptors (Lipinski definition) is 6. The average molecular weight is 492 g/mol. The minimum atomic E-state index is -0.491. The van der Waals surface area contributed by atoms with Crippen molar-refractivity contribution in [1.29, 1.82) is 0 Å². The van der Waals surface area contributed by atoms with Crippen LogP contribution in [0.15, 0.2) is 32.8 Å². The highest BCUT2D eigenvalue weighted by molar-refractivity contribution is 8.00. The summed E-state index contributed by atoms with van der Waals surface area (Å²) in [7, 11) is 0. The highest BCUT2D eigenvalue weighted by Crippen LogP contribution is 2.40. The Kier molecular flexibility index (Phi) is 5.75. The van der Waals surface area contributed by atoms with Crippen LogP contribution >= 0.6 is 11.8 Å². The van der Waals surface area contributed by atoms with Gasteiger partial charge in [-0.15, -0.1) is 0 Å². The second-order valence-electron chi connectivity index (χ2n) is 10.0. The fourth-order valence-corrected chi connectivity index (χ4v) is 5.79. The number of aromatic nitrogens is 4. The highest BCUT2D eigenvalue weighted by atomic mass is 32.2. The van der Waals surface area contributed by atoms with Gasteiger partial charge in [-0.1, -0.05) is 30.0 Å². The molecule has 3 aromatic rings. The van der Waals surface area contributed by atoms with Crippen molar-refractivity contribution in [2.24, 2.45) is 0 Å². The minimum Gasteiger partial charge on any atom is -0.349 e. The monoisotopic (exact) mass is 491 g/mol. The van der Waals surface area contributed by atoms with Crippen molar-refractivity contribution in [2.75, 3.05) is 5.75 Å². The Morgan fingerprint density at radius 1 is 1.14 bits per heavy atom. The van der Waals surface area contributed by atoms with Crippen molar-refractivity contribution in [2.45, 2.75) is 81.3 Å². The van der Waals surface area contributed by atoms with Crippen LogP contribution in [0.2, 0.25) is 0 Å². The van der Waals surface area contributed by atoms with Crippen LogP contribution in [0.4, 0.5) is 0 Å². The molecule has 0 radical (unpaired) electrons. The quantitative estimate of drug-likeness (QED) is 0.386. The SMILES string of the molecule is CC(NC(=O)CSc1nc(C2CC2)nc2c1c(=O)[nH]c(=O)n2C1CC1)c1ccc2c(c1)CCCC2. The minimum absolute atomic E-state index is 0.0717. The summed E-state index contributed by atoms with van der Waals surface area (Å²) >= 11 is 1.24. The van der Waals surface area contributed by atoms with E-state index in [1.165, 1.54) is 35.7 Å². The Hall–Kier alpha value is -2.94. The first-order valence-corrected chi connectivity index (χ1v) is 13.6. The largest absolute Gasteiger partial charge is 0.349 e. The molecular weight excluding hydrogens is 462 g/mol. The van der Waals surface area contributed by atoms with Gasteiger partial charge in [0.15, 0.2) is 5.65 Å². The van der Waals surface area contributed by atoms with Gasteiger partial charge >= 0.3 is 5.69 Å². The molecule has 6 rings (SSSR count). The number of hydrogen-bond donors (Lipinski definition) is 2. The van der Waals surface area contributed by atoms with Crippen molar-refractivity contribution in [1.82, 2.24) is 24.8 Å². The molecule has 35 heavy (non-hydrogen) atoms. The molecule has 1 aromatic carbocycles. The summed E-state index contributed by atoms with van der Waals surface area (Å²) in [5.74, 6) is 0.945. The number of thioether (sulfide) groups is 1. The van der Waals surface area contributed by atoms with E-state index in [9.17, 15) is 14.4 Å². The van der Waals surface area contributed by atoms with Gasteiger partial charge in [0.05, 0.1) is 11.8 Å². The number of carbonyl (C=O) groups is 1. The third-order valence-electron chi connectivity index (χ3n) is 7.21. The van der Waals surface area contributed by atoms with Crippen LogP contribution in [0, 0.1) is 0 Å². The zero-order valence-electron chi connectivity index (χ0n) is 19.8. The molecule has 2 heterocycles. The van der Waals surface area contributed by atoms with Gasteiger partial charge in [-0.2, -0.15) is 0 Å². The zero-order valence-corrected chi connectivity index (χ0v) is 20.6. The van der Waals surface area contributed by atoms with Gasteiger partial charge in [0.2, 0.25) is 5.91 Å².